The van der Waals surface area contributed by atoms with Crippen LogP contribution in [0.25, 0.3) is 0 Å². The molecular formula is C10H13N3O4. The van der Waals surface area contributed by atoms with Crippen LogP contribution in [0.1, 0.15) is 17.3 Å². The summed E-state index contributed by atoms with van der Waals surface area (Å²) in [6.07, 6.45) is 1.06. The Hall–Kier alpha value is -2.18. The van der Waals surface area contributed by atoms with Gasteiger partial charge in [-0.25, -0.2) is 4.79 Å². The molecule has 0 spiro atoms. The van der Waals surface area contributed by atoms with E-state index in [9.17, 15) is 19.2 Å². The smallest absolute Gasteiger partial charge is 0.328 e. The van der Waals surface area contributed by atoms with Crippen molar-refractivity contribution in [2.45, 2.75) is 13.5 Å². The lowest BCUT2D eigenvalue weighted by atomic mass is 10.2. The number of hydrogen-bond acceptors (Lipinski definition) is 4. The number of nitrogens with one attached hydrogen (secondary N) is 1. The SMILES string of the molecule is CC(=O)c1c[nH]c(=O)n(CC(=O)N(C)C)c1=O. The number of carbonyl (C=O) groups excluding carboxylic acids is 2. The van der Waals surface area contributed by atoms with Gasteiger partial charge in [-0.2, -0.15) is 0 Å². The average Bonchev–Trinajstić information content (AvgIpc) is 2.22. The zero-order valence-corrected chi connectivity index (χ0v) is 9.81. The highest BCUT2D eigenvalue weighted by Gasteiger charge is 2.14. The molecule has 0 unspecified atom stereocenters. The molecule has 1 aromatic heterocycles. The molecule has 1 rings (SSSR count). The summed E-state index contributed by atoms with van der Waals surface area (Å²) in [5, 5.41) is 0. The van der Waals surface area contributed by atoms with Gasteiger partial charge in [-0.1, -0.05) is 0 Å². The summed E-state index contributed by atoms with van der Waals surface area (Å²) < 4.78 is 0.707. The van der Waals surface area contributed by atoms with Crippen molar-refractivity contribution >= 4 is 11.7 Å². The number of hydrogen-bond donors (Lipinski definition) is 1. The molecule has 0 saturated heterocycles. The van der Waals surface area contributed by atoms with Crippen molar-refractivity contribution in [2.75, 3.05) is 14.1 Å². The maximum Gasteiger partial charge on any atom is 0.328 e. The second-order valence-corrected chi connectivity index (χ2v) is 3.74. The molecule has 1 N–H and O–H groups in total. The minimum absolute atomic E-state index is 0.142. The molecule has 0 aromatic carbocycles. The van der Waals surface area contributed by atoms with Crippen LogP contribution in [0.15, 0.2) is 15.8 Å². The van der Waals surface area contributed by atoms with Crippen LogP contribution in [-0.2, 0) is 11.3 Å². The molecule has 0 saturated carbocycles. The number of rotatable bonds is 3. The van der Waals surface area contributed by atoms with Gasteiger partial charge in [0.25, 0.3) is 5.56 Å². The lowest BCUT2D eigenvalue weighted by Gasteiger charge is -2.11. The number of amides is 1. The monoisotopic (exact) mass is 239 g/mol. The second kappa shape index (κ2) is 4.77. The van der Waals surface area contributed by atoms with Gasteiger partial charge in [0, 0.05) is 20.3 Å². The normalized spacial score (nSPS) is 10.1. The van der Waals surface area contributed by atoms with Gasteiger partial charge < -0.3 is 9.88 Å². The molecular weight excluding hydrogens is 226 g/mol. The highest BCUT2D eigenvalue weighted by molar-refractivity contribution is 5.93. The molecule has 17 heavy (non-hydrogen) atoms. The molecule has 92 valence electrons. The Balaban J connectivity index is 3.29. The van der Waals surface area contributed by atoms with E-state index in [2.05, 4.69) is 4.98 Å². The quantitative estimate of drug-likeness (QED) is 0.672. The molecule has 0 aliphatic carbocycles. The molecule has 0 bridgehead atoms. The Kier molecular flexibility index (Phi) is 3.62. The summed E-state index contributed by atoms with van der Waals surface area (Å²) in [4.78, 5) is 49.2. The van der Waals surface area contributed by atoms with Gasteiger partial charge in [0.2, 0.25) is 5.91 Å². The Labute approximate surface area is 96.7 Å². The van der Waals surface area contributed by atoms with E-state index < -0.39 is 22.9 Å². The van der Waals surface area contributed by atoms with Crippen molar-refractivity contribution in [3.8, 4) is 0 Å². The third-order valence-corrected chi connectivity index (χ3v) is 2.23. The second-order valence-electron chi connectivity index (χ2n) is 3.74. The first-order chi connectivity index (χ1) is 7.84. The Bertz CT molecular complexity index is 568. The van der Waals surface area contributed by atoms with Crippen molar-refractivity contribution in [3.63, 3.8) is 0 Å². The van der Waals surface area contributed by atoms with Gasteiger partial charge in [0.05, 0.1) is 5.56 Å². The standard InChI is InChI=1S/C10H13N3O4/c1-6(14)7-4-11-10(17)13(9(7)16)5-8(15)12(2)3/h4H,5H2,1-3H3,(H,11,17). The number of Topliss-reactive ketones (excluding diaryl/α,β-unsaturated/α-hetero) is 1. The van der Waals surface area contributed by atoms with Crippen molar-refractivity contribution in [2.24, 2.45) is 0 Å². The third-order valence-electron chi connectivity index (χ3n) is 2.23. The molecule has 0 atom stereocenters. The Morgan fingerprint density at radius 1 is 1.35 bits per heavy atom. The lowest BCUT2D eigenvalue weighted by molar-refractivity contribution is -0.129. The van der Waals surface area contributed by atoms with Gasteiger partial charge >= 0.3 is 5.69 Å². The number of aromatic amines is 1. The molecule has 7 heteroatoms. The van der Waals surface area contributed by atoms with Crippen LogP contribution in [-0.4, -0.2) is 40.2 Å². The Morgan fingerprint density at radius 2 is 1.94 bits per heavy atom. The Morgan fingerprint density at radius 3 is 2.41 bits per heavy atom. The third kappa shape index (κ3) is 2.68. The van der Waals surface area contributed by atoms with Crippen LogP contribution in [0.4, 0.5) is 0 Å². The summed E-state index contributed by atoms with van der Waals surface area (Å²) in [7, 11) is 3.02. The minimum Gasteiger partial charge on any atom is -0.347 e. The molecule has 1 aromatic rings. The number of likely N-dealkylation sites (N-methyl/N-ethyl adjacent to an activating group) is 1. The number of ketones is 1. The zero-order valence-electron chi connectivity index (χ0n) is 9.81. The van der Waals surface area contributed by atoms with E-state index in [0.717, 1.165) is 6.20 Å². The lowest BCUT2D eigenvalue weighted by Crippen LogP contribution is -2.42. The van der Waals surface area contributed by atoms with E-state index in [4.69, 9.17) is 0 Å². The molecule has 1 amide bonds. The first-order valence-electron chi connectivity index (χ1n) is 4.88. The molecule has 0 fully saturated rings. The molecule has 7 nitrogen and oxygen atoms in total. The van der Waals surface area contributed by atoms with Crippen LogP contribution in [0.2, 0.25) is 0 Å². The van der Waals surface area contributed by atoms with Crippen molar-refractivity contribution < 1.29 is 9.59 Å². The summed E-state index contributed by atoms with van der Waals surface area (Å²) >= 11 is 0. The van der Waals surface area contributed by atoms with E-state index >= 15 is 0 Å². The van der Waals surface area contributed by atoms with Crippen LogP contribution in [0.3, 0.4) is 0 Å². The van der Waals surface area contributed by atoms with Crippen molar-refractivity contribution in [1.82, 2.24) is 14.5 Å². The van der Waals surface area contributed by atoms with E-state index in [0.29, 0.717) is 4.57 Å². The molecule has 0 radical (unpaired) electrons. The van der Waals surface area contributed by atoms with E-state index in [1.807, 2.05) is 0 Å². The van der Waals surface area contributed by atoms with Crippen molar-refractivity contribution in [3.05, 3.63) is 32.6 Å². The predicted octanol–water partition coefficient (Wildman–Crippen LogP) is -1.17. The van der Waals surface area contributed by atoms with E-state index in [1.165, 1.54) is 25.9 Å². The number of carbonyl (C=O) groups is 2. The first-order valence-corrected chi connectivity index (χ1v) is 4.88. The molecule has 0 aliphatic rings. The largest absolute Gasteiger partial charge is 0.347 e. The van der Waals surface area contributed by atoms with Crippen LogP contribution < -0.4 is 11.2 Å². The summed E-state index contributed by atoms with van der Waals surface area (Å²) in [5.41, 5.74) is -1.61. The van der Waals surface area contributed by atoms with Gasteiger partial charge in [-0.3, -0.25) is 19.0 Å². The summed E-state index contributed by atoms with van der Waals surface area (Å²) in [5.74, 6) is -0.865. The highest BCUT2D eigenvalue weighted by Crippen LogP contribution is 1.89. The fraction of sp³-hybridized carbons (Fsp3) is 0.400. The van der Waals surface area contributed by atoms with Gasteiger partial charge in [0.15, 0.2) is 5.78 Å². The fourth-order valence-corrected chi connectivity index (χ4v) is 1.18. The van der Waals surface area contributed by atoms with Crippen LogP contribution >= 0.6 is 0 Å². The van der Waals surface area contributed by atoms with Crippen LogP contribution in [0.5, 0.6) is 0 Å². The topological polar surface area (TPSA) is 92.2 Å². The summed E-state index contributed by atoms with van der Waals surface area (Å²) in [6, 6.07) is 0. The number of H-pyrrole nitrogens is 1. The van der Waals surface area contributed by atoms with Crippen LogP contribution in [0, 0.1) is 0 Å². The highest BCUT2D eigenvalue weighted by atomic mass is 16.2. The number of nitrogens with zero attached hydrogens (tertiary/aromatic N) is 2. The van der Waals surface area contributed by atoms with Gasteiger partial charge in [-0.05, 0) is 6.92 Å². The first kappa shape index (κ1) is 12.9. The molecule has 0 aliphatic heterocycles. The zero-order chi connectivity index (χ0) is 13.2. The fourth-order valence-electron chi connectivity index (χ4n) is 1.18. The summed E-state index contributed by atoms with van der Waals surface area (Å²) in [6.45, 7) is 0.829. The maximum atomic E-state index is 11.7. The molecule has 1 heterocycles. The van der Waals surface area contributed by atoms with E-state index in [-0.39, 0.29) is 12.1 Å². The predicted molar refractivity (Wildman–Crippen MR) is 60.0 cm³/mol. The average molecular weight is 239 g/mol. The van der Waals surface area contributed by atoms with E-state index in [1.54, 1.807) is 0 Å². The van der Waals surface area contributed by atoms with Gasteiger partial charge in [-0.15, -0.1) is 0 Å². The minimum atomic E-state index is -0.753. The van der Waals surface area contributed by atoms with Crippen molar-refractivity contribution in [1.29, 1.82) is 0 Å². The maximum absolute atomic E-state index is 11.7. The number of aromatic nitrogens is 2. The van der Waals surface area contributed by atoms with Gasteiger partial charge in [0.1, 0.15) is 6.54 Å².